The number of hydrogen-bond acceptors (Lipinski definition) is 1. The number of Topliss-reactive ketones (excluding diaryl/α,β-unsaturated/α-hetero) is 1. The van der Waals surface area contributed by atoms with Crippen LogP contribution in [-0.4, -0.2) is 12.0 Å². The first-order valence-electron chi connectivity index (χ1n) is 3.92. The number of ketones is 1. The van der Waals surface area contributed by atoms with Crippen molar-refractivity contribution in [2.45, 2.75) is 20.0 Å². The van der Waals surface area contributed by atoms with Gasteiger partial charge in [0, 0.05) is 5.57 Å². The van der Waals surface area contributed by atoms with Crippen LogP contribution in [0.5, 0.6) is 0 Å². The largest absolute Gasteiger partial charge is 0.417 e. The molecule has 0 amide bonds. The van der Waals surface area contributed by atoms with Crippen LogP contribution in [0.4, 0.5) is 13.2 Å². The molecule has 0 radical (unpaired) electrons. The summed E-state index contributed by atoms with van der Waals surface area (Å²) in [5, 5.41) is 0. The van der Waals surface area contributed by atoms with Gasteiger partial charge in [-0.05, 0) is 13.8 Å². The molecule has 78 valence electrons. The maximum Gasteiger partial charge on any atom is 0.417 e. The monoisotopic (exact) mass is 204 g/mol. The molecule has 0 aromatic rings. The van der Waals surface area contributed by atoms with Crippen molar-refractivity contribution in [2.75, 3.05) is 0 Å². The van der Waals surface area contributed by atoms with Crippen LogP contribution in [0.1, 0.15) is 13.8 Å². The highest BCUT2D eigenvalue weighted by atomic mass is 19.4. The second kappa shape index (κ2) is 4.79. The van der Waals surface area contributed by atoms with Gasteiger partial charge in [-0.2, -0.15) is 13.2 Å². The van der Waals surface area contributed by atoms with E-state index in [0.29, 0.717) is 0 Å². The molecule has 0 saturated heterocycles. The molecule has 0 spiro atoms. The molecule has 0 fully saturated rings. The SMILES string of the molecule is C=C/C(C(C)=O)=C(\C=C/C)C(F)(F)F. The Morgan fingerprint density at radius 2 is 1.86 bits per heavy atom. The number of rotatable bonds is 3. The van der Waals surface area contributed by atoms with Crippen molar-refractivity contribution in [3.8, 4) is 0 Å². The average Bonchev–Trinajstić information content (AvgIpc) is 2.02. The van der Waals surface area contributed by atoms with E-state index in [1.807, 2.05) is 0 Å². The molecule has 4 heteroatoms. The van der Waals surface area contributed by atoms with E-state index < -0.39 is 23.1 Å². The third-order valence-electron chi connectivity index (χ3n) is 1.51. The minimum Gasteiger partial charge on any atom is -0.294 e. The molecular weight excluding hydrogens is 193 g/mol. The minimum atomic E-state index is -4.53. The first-order valence-corrected chi connectivity index (χ1v) is 3.92. The second-order valence-electron chi connectivity index (χ2n) is 2.59. The van der Waals surface area contributed by atoms with Gasteiger partial charge in [0.15, 0.2) is 5.78 Å². The normalized spacial score (nSPS) is 14.1. The molecular formula is C10H11F3O. The van der Waals surface area contributed by atoms with Crippen LogP contribution in [0.25, 0.3) is 0 Å². The predicted octanol–water partition coefficient (Wildman–Crippen LogP) is 3.20. The molecule has 0 aromatic heterocycles. The lowest BCUT2D eigenvalue weighted by molar-refractivity contribution is -0.115. The van der Waals surface area contributed by atoms with Gasteiger partial charge < -0.3 is 0 Å². The van der Waals surface area contributed by atoms with E-state index in [0.717, 1.165) is 19.1 Å². The van der Waals surface area contributed by atoms with Gasteiger partial charge in [-0.3, -0.25) is 4.79 Å². The third-order valence-corrected chi connectivity index (χ3v) is 1.51. The Kier molecular flexibility index (Phi) is 4.34. The van der Waals surface area contributed by atoms with Crippen molar-refractivity contribution in [1.29, 1.82) is 0 Å². The summed E-state index contributed by atoms with van der Waals surface area (Å²) in [5.41, 5.74) is -1.36. The summed E-state index contributed by atoms with van der Waals surface area (Å²) >= 11 is 0. The summed E-state index contributed by atoms with van der Waals surface area (Å²) in [6, 6.07) is 0. The Labute approximate surface area is 80.6 Å². The molecule has 14 heavy (non-hydrogen) atoms. The molecule has 0 saturated carbocycles. The highest BCUT2D eigenvalue weighted by Crippen LogP contribution is 2.30. The van der Waals surface area contributed by atoms with Gasteiger partial charge >= 0.3 is 6.18 Å². The van der Waals surface area contributed by atoms with Crippen LogP contribution >= 0.6 is 0 Å². The Bertz CT molecular complexity index is 295. The van der Waals surface area contributed by atoms with E-state index >= 15 is 0 Å². The Morgan fingerprint density at radius 1 is 1.36 bits per heavy atom. The highest BCUT2D eigenvalue weighted by molar-refractivity contribution is 5.97. The summed E-state index contributed by atoms with van der Waals surface area (Å²) in [6.07, 6.45) is -1.51. The van der Waals surface area contributed by atoms with E-state index in [4.69, 9.17) is 0 Å². The number of carbonyl (C=O) groups is 1. The number of hydrogen-bond donors (Lipinski definition) is 0. The van der Waals surface area contributed by atoms with Crippen molar-refractivity contribution in [3.63, 3.8) is 0 Å². The molecule has 0 aromatic carbocycles. The molecule has 0 aliphatic rings. The Hall–Kier alpha value is -1.32. The van der Waals surface area contributed by atoms with Crippen molar-refractivity contribution in [2.24, 2.45) is 0 Å². The lowest BCUT2D eigenvalue weighted by Gasteiger charge is -2.10. The smallest absolute Gasteiger partial charge is 0.294 e. The minimum absolute atomic E-state index is 0.407. The van der Waals surface area contributed by atoms with Crippen LogP contribution < -0.4 is 0 Å². The standard InChI is InChI=1S/C10H11F3O/c1-4-6-9(10(11,12)13)8(5-2)7(3)14/h4-6H,2H2,1,3H3/b6-4-,9-8-. The van der Waals surface area contributed by atoms with Crippen LogP contribution in [0.15, 0.2) is 36.0 Å². The lowest BCUT2D eigenvalue weighted by atomic mass is 10.0. The predicted molar refractivity (Wildman–Crippen MR) is 48.8 cm³/mol. The lowest BCUT2D eigenvalue weighted by Crippen LogP contribution is -2.14. The molecule has 0 rings (SSSR count). The fourth-order valence-corrected chi connectivity index (χ4v) is 0.947. The molecule has 0 aliphatic heterocycles. The number of carbonyl (C=O) groups excluding carboxylic acids is 1. The van der Waals surface area contributed by atoms with Gasteiger partial charge in [0.2, 0.25) is 0 Å². The molecule has 1 nitrogen and oxygen atoms in total. The Balaban J connectivity index is 5.56. The quantitative estimate of drug-likeness (QED) is 0.509. The zero-order valence-corrected chi connectivity index (χ0v) is 7.98. The first kappa shape index (κ1) is 12.7. The van der Waals surface area contributed by atoms with Crippen LogP contribution in [0, 0.1) is 0 Å². The molecule has 0 N–H and O–H groups in total. The maximum absolute atomic E-state index is 12.4. The fraction of sp³-hybridized carbons (Fsp3) is 0.300. The van der Waals surface area contributed by atoms with Gasteiger partial charge in [0.1, 0.15) is 0 Å². The molecule has 0 unspecified atom stereocenters. The zero-order chi connectivity index (χ0) is 11.4. The summed E-state index contributed by atoms with van der Waals surface area (Å²) < 4.78 is 37.2. The summed E-state index contributed by atoms with van der Waals surface area (Å²) in [4.78, 5) is 10.9. The van der Waals surface area contributed by atoms with Crippen molar-refractivity contribution in [1.82, 2.24) is 0 Å². The second-order valence-corrected chi connectivity index (χ2v) is 2.59. The van der Waals surface area contributed by atoms with Crippen molar-refractivity contribution < 1.29 is 18.0 Å². The fourth-order valence-electron chi connectivity index (χ4n) is 0.947. The maximum atomic E-state index is 12.4. The highest BCUT2D eigenvalue weighted by Gasteiger charge is 2.34. The van der Waals surface area contributed by atoms with Gasteiger partial charge in [-0.1, -0.05) is 24.8 Å². The van der Waals surface area contributed by atoms with E-state index in [2.05, 4.69) is 6.58 Å². The van der Waals surface area contributed by atoms with Gasteiger partial charge in [0.05, 0.1) is 5.57 Å². The third kappa shape index (κ3) is 3.20. The zero-order valence-electron chi connectivity index (χ0n) is 7.98. The number of halogens is 3. The average molecular weight is 204 g/mol. The van der Waals surface area contributed by atoms with E-state index in [-0.39, 0.29) is 0 Å². The van der Waals surface area contributed by atoms with Crippen molar-refractivity contribution in [3.05, 3.63) is 36.0 Å². The van der Waals surface area contributed by atoms with Gasteiger partial charge in [-0.15, -0.1) is 0 Å². The van der Waals surface area contributed by atoms with Crippen LogP contribution in [0.3, 0.4) is 0 Å². The summed E-state index contributed by atoms with van der Waals surface area (Å²) in [5.74, 6) is -0.648. The van der Waals surface area contributed by atoms with Crippen LogP contribution in [-0.2, 0) is 4.79 Å². The van der Waals surface area contributed by atoms with E-state index in [9.17, 15) is 18.0 Å². The van der Waals surface area contributed by atoms with Crippen molar-refractivity contribution >= 4 is 5.78 Å². The molecule has 0 atom stereocenters. The number of allylic oxidation sites excluding steroid dienone is 5. The van der Waals surface area contributed by atoms with Gasteiger partial charge in [-0.25, -0.2) is 0 Å². The van der Waals surface area contributed by atoms with E-state index in [1.165, 1.54) is 13.0 Å². The molecule has 0 bridgehead atoms. The number of alkyl halides is 3. The summed E-state index contributed by atoms with van der Waals surface area (Å²) in [7, 11) is 0. The van der Waals surface area contributed by atoms with Gasteiger partial charge in [0.25, 0.3) is 0 Å². The Morgan fingerprint density at radius 3 is 2.07 bits per heavy atom. The van der Waals surface area contributed by atoms with E-state index in [1.54, 1.807) is 0 Å². The topological polar surface area (TPSA) is 17.1 Å². The molecule has 0 aliphatic carbocycles. The summed E-state index contributed by atoms with van der Waals surface area (Å²) in [6.45, 7) is 5.71. The van der Waals surface area contributed by atoms with Crippen LogP contribution in [0.2, 0.25) is 0 Å². The molecule has 0 heterocycles. The first-order chi connectivity index (χ1) is 6.34.